The highest BCUT2D eigenvalue weighted by molar-refractivity contribution is 7.90. The summed E-state index contributed by atoms with van der Waals surface area (Å²) in [7, 11) is -3.28. The lowest BCUT2D eigenvalue weighted by Crippen LogP contribution is -2.00. The van der Waals surface area contributed by atoms with Gasteiger partial charge in [-0.05, 0) is 18.6 Å². The fourth-order valence-electron chi connectivity index (χ4n) is 1.63. The highest BCUT2D eigenvalue weighted by Crippen LogP contribution is 2.27. The van der Waals surface area contributed by atoms with Gasteiger partial charge in [0.2, 0.25) is 0 Å². The number of nitrogens with zero attached hydrogens (tertiary/aromatic N) is 1. The normalized spacial score (nSPS) is 11.6. The van der Waals surface area contributed by atoms with Crippen molar-refractivity contribution in [1.29, 1.82) is 0 Å². The van der Waals surface area contributed by atoms with Gasteiger partial charge < -0.3 is 5.73 Å². The summed E-state index contributed by atoms with van der Waals surface area (Å²) >= 11 is 0. The van der Waals surface area contributed by atoms with Gasteiger partial charge >= 0.3 is 0 Å². The van der Waals surface area contributed by atoms with E-state index in [2.05, 4.69) is 10.2 Å². The quantitative estimate of drug-likeness (QED) is 0.843. The molecule has 3 N–H and O–H groups in total. The van der Waals surface area contributed by atoms with Crippen LogP contribution in [0.2, 0.25) is 0 Å². The van der Waals surface area contributed by atoms with Crippen LogP contribution < -0.4 is 5.73 Å². The Morgan fingerprint density at radius 1 is 1.29 bits per heavy atom. The number of anilines is 1. The average molecular weight is 251 g/mol. The lowest BCUT2D eigenvalue weighted by molar-refractivity contribution is 0.602. The van der Waals surface area contributed by atoms with Crippen LogP contribution in [0.1, 0.15) is 5.56 Å². The zero-order chi connectivity index (χ0) is 12.6. The molecule has 0 spiro atoms. The van der Waals surface area contributed by atoms with Crippen molar-refractivity contribution in [3.63, 3.8) is 0 Å². The van der Waals surface area contributed by atoms with E-state index in [-0.39, 0.29) is 4.90 Å². The van der Waals surface area contributed by atoms with Crippen molar-refractivity contribution >= 4 is 15.7 Å². The molecule has 0 saturated carbocycles. The minimum Gasteiger partial charge on any atom is -0.382 e. The number of rotatable bonds is 2. The third-order valence-corrected chi connectivity index (χ3v) is 3.56. The predicted molar refractivity (Wildman–Crippen MR) is 66.3 cm³/mol. The van der Waals surface area contributed by atoms with Crippen molar-refractivity contribution in [1.82, 2.24) is 10.2 Å². The second-order valence-corrected chi connectivity index (χ2v) is 5.96. The van der Waals surface area contributed by atoms with Crippen LogP contribution >= 0.6 is 0 Å². The van der Waals surface area contributed by atoms with E-state index in [4.69, 9.17) is 5.73 Å². The summed E-state index contributed by atoms with van der Waals surface area (Å²) in [4.78, 5) is 0.279. The number of hydrogen-bond acceptors (Lipinski definition) is 4. The summed E-state index contributed by atoms with van der Waals surface area (Å²) in [6.45, 7) is 1.85. The number of benzene rings is 1. The van der Waals surface area contributed by atoms with Crippen LogP contribution in [-0.4, -0.2) is 24.9 Å². The summed E-state index contributed by atoms with van der Waals surface area (Å²) in [5.74, 6) is 0.333. The van der Waals surface area contributed by atoms with Crippen LogP contribution in [0.5, 0.6) is 0 Å². The van der Waals surface area contributed by atoms with Crippen LogP contribution in [0.15, 0.2) is 29.2 Å². The molecule has 2 aromatic rings. The van der Waals surface area contributed by atoms with Gasteiger partial charge in [0.25, 0.3) is 0 Å². The predicted octanol–water partition coefficient (Wildman–Crippen LogP) is 1.37. The molecule has 0 unspecified atom stereocenters. The highest BCUT2D eigenvalue weighted by Gasteiger charge is 2.16. The monoisotopic (exact) mass is 251 g/mol. The Morgan fingerprint density at radius 3 is 2.53 bits per heavy atom. The van der Waals surface area contributed by atoms with Gasteiger partial charge in [-0.25, -0.2) is 8.42 Å². The maximum atomic E-state index is 11.7. The van der Waals surface area contributed by atoms with Crippen molar-refractivity contribution in [3.8, 4) is 11.3 Å². The fraction of sp³-hybridized carbons (Fsp3) is 0.182. The topological polar surface area (TPSA) is 88.8 Å². The molecule has 1 aromatic carbocycles. The molecule has 0 aliphatic rings. The Bertz CT molecular complexity index is 659. The van der Waals surface area contributed by atoms with Crippen molar-refractivity contribution < 1.29 is 8.42 Å². The summed E-state index contributed by atoms with van der Waals surface area (Å²) in [6.07, 6.45) is 1.19. The lowest BCUT2D eigenvalue weighted by Gasteiger charge is -2.06. The summed E-state index contributed by atoms with van der Waals surface area (Å²) in [5, 5.41) is 6.51. The van der Waals surface area contributed by atoms with Crippen LogP contribution in [0.4, 0.5) is 5.82 Å². The van der Waals surface area contributed by atoms with Gasteiger partial charge in [-0.2, -0.15) is 5.10 Å². The Morgan fingerprint density at radius 2 is 2.00 bits per heavy atom. The van der Waals surface area contributed by atoms with Crippen molar-refractivity contribution in [3.05, 3.63) is 29.8 Å². The van der Waals surface area contributed by atoms with Crippen LogP contribution in [0.3, 0.4) is 0 Å². The van der Waals surface area contributed by atoms with E-state index < -0.39 is 9.84 Å². The average Bonchev–Trinajstić information content (AvgIpc) is 2.63. The van der Waals surface area contributed by atoms with Crippen molar-refractivity contribution in [2.24, 2.45) is 0 Å². The molecule has 5 nitrogen and oxygen atoms in total. The molecule has 17 heavy (non-hydrogen) atoms. The Hall–Kier alpha value is -1.82. The Balaban J connectivity index is 2.70. The second kappa shape index (κ2) is 3.89. The standard InChI is InChI=1S/C11H13N3O2S/c1-7-3-4-8(9-6-11(12)14-13-9)10(5-7)17(2,15)16/h3-6H,1-2H3,(H3,12,13,14). The van der Waals surface area contributed by atoms with Gasteiger partial charge in [0.05, 0.1) is 10.6 Å². The fourth-order valence-corrected chi connectivity index (χ4v) is 2.61. The van der Waals surface area contributed by atoms with Crippen LogP contribution in [0.25, 0.3) is 11.3 Å². The molecule has 0 aliphatic carbocycles. The molecular weight excluding hydrogens is 238 g/mol. The minimum atomic E-state index is -3.28. The molecule has 0 aliphatic heterocycles. The van der Waals surface area contributed by atoms with E-state index in [0.29, 0.717) is 17.1 Å². The van der Waals surface area contributed by atoms with E-state index in [1.807, 2.05) is 13.0 Å². The minimum absolute atomic E-state index is 0.279. The molecule has 0 saturated heterocycles. The zero-order valence-electron chi connectivity index (χ0n) is 9.56. The number of nitrogen functional groups attached to an aromatic ring is 1. The molecule has 90 valence electrons. The molecule has 0 amide bonds. The number of aryl methyl sites for hydroxylation is 1. The molecule has 0 radical (unpaired) electrons. The van der Waals surface area contributed by atoms with Gasteiger partial charge in [0.1, 0.15) is 5.82 Å². The summed E-state index contributed by atoms with van der Waals surface area (Å²) < 4.78 is 23.4. The molecule has 0 atom stereocenters. The van der Waals surface area contributed by atoms with Gasteiger partial charge in [-0.15, -0.1) is 0 Å². The molecule has 6 heteroatoms. The van der Waals surface area contributed by atoms with E-state index in [1.165, 1.54) is 6.26 Å². The summed E-state index contributed by atoms with van der Waals surface area (Å²) in [6, 6.07) is 6.85. The number of aromatic amines is 1. The molecular formula is C11H13N3O2S. The first-order valence-electron chi connectivity index (χ1n) is 5.00. The molecule has 2 rings (SSSR count). The summed E-state index contributed by atoms with van der Waals surface area (Å²) in [5.41, 5.74) is 7.59. The smallest absolute Gasteiger partial charge is 0.176 e. The third-order valence-electron chi connectivity index (χ3n) is 2.42. The first kappa shape index (κ1) is 11.7. The maximum Gasteiger partial charge on any atom is 0.176 e. The van der Waals surface area contributed by atoms with Gasteiger partial charge in [-0.1, -0.05) is 12.1 Å². The van der Waals surface area contributed by atoms with Gasteiger partial charge in [0, 0.05) is 17.9 Å². The first-order valence-corrected chi connectivity index (χ1v) is 6.89. The molecule has 1 aromatic heterocycles. The number of sulfone groups is 1. The third kappa shape index (κ3) is 2.31. The molecule has 1 heterocycles. The zero-order valence-corrected chi connectivity index (χ0v) is 10.4. The largest absolute Gasteiger partial charge is 0.382 e. The van der Waals surface area contributed by atoms with Crippen molar-refractivity contribution in [2.75, 3.05) is 12.0 Å². The number of nitrogens with one attached hydrogen (secondary N) is 1. The van der Waals surface area contributed by atoms with Gasteiger partial charge in [0.15, 0.2) is 9.84 Å². The number of aromatic nitrogens is 2. The van der Waals surface area contributed by atoms with Crippen molar-refractivity contribution in [2.45, 2.75) is 11.8 Å². The maximum absolute atomic E-state index is 11.7. The molecule has 0 fully saturated rings. The Labute approximate surface area is 99.6 Å². The van der Waals surface area contributed by atoms with Crippen LogP contribution in [0, 0.1) is 6.92 Å². The lowest BCUT2D eigenvalue weighted by atomic mass is 10.1. The SMILES string of the molecule is Cc1ccc(-c2cc(N)n[nH]2)c(S(C)(=O)=O)c1. The second-order valence-electron chi connectivity index (χ2n) is 3.98. The Kier molecular flexibility index (Phi) is 2.66. The van der Waals surface area contributed by atoms with E-state index >= 15 is 0 Å². The first-order chi connectivity index (χ1) is 7.88. The van der Waals surface area contributed by atoms with E-state index in [0.717, 1.165) is 5.56 Å². The van der Waals surface area contributed by atoms with E-state index in [1.54, 1.807) is 18.2 Å². The van der Waals surface area contributed by atoms with Gasteiger partial charge in [-0.3, -0.25) is 5.10 Å². The van der Waals surface area contributed by atoms with E-state index in [9.17, 15) is 8.42 Å². The highest BCUT2D eigenvalue weighted by atomic mass is 32.2. The van der Waals surface area contributed by atoms with Crippen LogP contribution in [-0.2, 0) is 9.84 Å². The molecule has 0 bridgehead atoms. The number of nitrogens with two attached hydrogens (primary N) is 1. The number of hydrogen-bond donors (Lipinski definition) is 2. The number of H-pyrrole nitrogens is 1.